The highest BCUT2D eigenvalue weighted by molar-refractivity contribution is 7.80. The molecule has 0 saturated carbocycles. The Balaban J connectivity index is 1.63. The van der Waals surface area contributed by atoms with Crippen molar-refractivity contribution in [1.29, 1.82) is 0 Å². The van der Waals surface area contributed by atoms with Crippen LogP contribution in [0.3, 0.4) is 0 Å². The first kappa shape index (κ1) is 20.3. The molecule has 0 atom stereocenters. The van der Waals surface area contributed by atoms with Crippen molar-refractivity contribution in [3.05, 3.63) is 52.8 Å². The second-order valence-electron chi connectivity index (χ2n) is 7.83. The standard InChI is InChI=1S/C23H25N3O3S/c1-15-7-9-19(16(2)13-15)26-22(28)18(21(27)24-23(26)30)14-17-8-10-20(29-17)25-11-5-3-4-6-12-25/h7-10,13-14H,3-6,11-12H2,1-2H3,(H,24,27,30)/b18-14+. The lowest BCUT2D eigenvalue weighted by Crippen LogP contribution is -2.54. The topological polar surface area (TPSA) is 65.8 Å². The van der Waals surface area contributed by atoms with E-state index in [1.165, 1.54) is 23.8 Å². The van der Waals surface area contributed by atoms with Crippen LogP contribution in [0.25, 0.3) is 6.08 Å². The zero-order chi connectivity index (χ0) is 21.3. The third kappa shape index (κ3) is 4.03. The van der Waals surface area contributed by atoms with E-state index in [1.54, 1.807) is 6.07 Å². The fourth-order valence-corrected chi connectivity index (χ4v) is 4.23. The van der Waals surface area contributed by atoms with Gasteiger partial charge in [-0.3, -0.25) is 19.8 Å². The molecule has 1 aromatic heterocycles. The van der Waals surface area contributed by atoms with Crippen LogP contribution in [0.5, 0.6) is 0 Å². The molecule has 156 valence electrons. The number of nitrogens with one attached hydrogen (secondary N) is 1. The van der Waals surface area contributed by atoms with Gasteiger partial charge in [0.1, 0.15) is 11.3 Å². The highest BCUT2D eigenvalue weighted by atomic mass is 32.1. The maximum absolute atomic E-state index is 13.2. The van der Waals surface area contributed by atoms with Crippen molar-refractivity contribution < 1.29 is 14.0 Å². The van der Waals surface area contributed by atoms with Gasteiger partial charge >= 0.3 is 0 Å². The number of rotatable bonds is 3. The van der Waals surface area contributed by atoms with Crippen molar-refractivity contribution in [3.63, 3.8) is 0 Å². The predicted octanol–water partition coefficient (Wildman–Crippen LogP) is 4.11. The second-order valence-corrected chi connectivity index (χ2v) is 8.21. The highest BCUT2D eigenvalue weighted by Gasteiger charge is 2.35. The summed E-state index contributed by atoms with van der Waals surface area (Å²) in [6.07, 6.45) is 6.24. The minimum Gasteiger partial charge on any atom is -0.441 e. The molecule has 2 amide bonds. The van der Waals surface area contributed by atoms with Gasteiger partial charge in [-0.15, -0.1) is 0 Å². The summed E-state index contributed by atoms with van der Waals surface area (Å²) in [4.78, 5) is 29.3. The van der Waals surface area contributed by atoms with Crippen LogP contribution in [-0.2, 0) is 9.59 Å². The third-order valence-electron chi connectivity index (χ3n) is 5.51. The summed E-state index contributed by atoms with van der Waals surface area (Å²) < 4.78 is 5.95. The van der Waals surface area contributed by atoms with Gasteiger partial charge in [-0.1, -0.05) is 30.5 Å². The molecule has 0 aliphatic carbocycles. The average molecular weight is 424 g/mol. The molecule has 0 bridgehead atoms. The van der Waals surface area contributed by atoms with E-state index in [9.17, 15) is 9.59 Å². The molecular weight excluding hydrogens is 398 g/mol. The summed E-state index contributed by atoms with van der Waals surface area (Å²) in [7, 11) is 0. The van der Waals surface area contributed by atoms with Gasteiger partial charge in [0, 0.05) is 19.2 Å². The Morgan fingerprint density at radius 2 is 1.77 bits per heavy atom. The first-order valence-electron chi connectivity index (χ1n) is 10.3. The number of hydrogen-bond acceptors (Lipinski definition) is 5. The normalized spacial score (nSPS) is 19.3. The van der Waals surface area contributed by atoms with E-state index in [0.29, 0.717) is 11.4 Å². The first-order valence-corrected chi connectivity index (χ1v) is 10.7. The maximum atomic E-state index is 13.2. The Morgan fingerprint density at radius 1 is 1.03 bits per heavy atom. The van der Waals surface area contributed by atoms with Crippen LogP contribution >= 0.6 is 12.2 Å². The number of carbonyl (C=O) groups is 2. The van der Waals surface area contributed by atoms with Crippen molar-refractivity contribution in [3.8, 4) is 0 Å². The fourth-order valence-electron chi connectivity index (χ4n) is 3.96. The van der Waals surface area contributed by atoms with Crippen LogP contribution in [0.15, 0.2) is 40.3 Å². The molecule has 1 N–H and O–H groups in total. The highest BCUT2D eigenvalue weighted by Crippen LogP contribution is 2.28. The molecule has 2 aliphatic rings. The zero-order valence-corrected chi connectivity index (χ0v) is 18.1. The molecule has 1 aromatic carbocycles. The van der Waals surface area contributed by atoms with Crippen molar-refractivity contribution in [2.45, 2.75) is 39.5 Å². The van der Waals surface area contributed by atoms with E-state index in [-0.39, 0.29) is 10.7 Å². The molecule has 7 heteroatoms. The van der Waals surface area contributed by atoms with Crippen LogP contribution in [-0.4, -0.2) is 30.0 Å². The lowest BCUT2D eigenvalue weighted by molar-refractivity contribution is -0.122. The van der Waals surface area contributed by atoms with Gasteiger partial charge in [0.15, 0.2) is 11.0 Å². The predicted molar refractivity (Wildman–Crippen MR) is 122 cm³/mol. The van der Waals surface area contributed by atoms with E-state index in [0.717, 1.165) is 42.9 Å². The molecule has 30 heavy (non-hydrogen) atoms. The average Bonchev–Trinajstić information content (AvgIpc) is 2.99. The van der Waals surface area contributed by atoms with E-state index >= 15 is 0 Å². The fraction of sp³-hybridized carbons (Fsp3) is 0.348. The van der Waals surface area contributed by atoms with Crippen LogP contribution in [0, 0.1) is 13.8 Å². The third-order valence-corrected chi connectivity index (χ3v) is 5.80. The van der Waals surface area contributed by atoms with Gasteiger partial charge in [-0.2, -0.15) is 0 Å². The number of anilines is 2. The monoisotopic (exact) mass is 423 g/mol. The number of thiocarbonyl (C=S) groups is 1. The molecule has 4 rings (SSSR count). The van der Waals surface area contributed by atoms with Gasteiger partial charge in [-0.25, -0.2) is 0 Å². The lowest BCUT2D eigenvalue weighted by Gasteiger charge is -2.30. The quantitative estimate of drug-likeness (QED) is 0.457. The smallest absolute Gasteiger partial charge is 0.270 e. The number of aryl methyl sites for hydroxylation is 2. The van der Waals surface area contributed by atoms with Crippen molar-refractivity contribution in [2.24, 2.45) is 0 Å². The molecule has 2 saturated heterocycles. The number of hydrogen-bond donors (Lipinski definition) is 1. The summed E-state index contributed by atoms with van der Waals surface area (Å²) in [6.45, 7) is 5.81. The summed E-state index contributed by atoms with van der Waals surface area (Å²) in [5.74, 6) is 0.275. The molecule has 0 spiro atoms. The number of carbonyl (C=O) groups excluding carboxylic acids is 2. The Labute approximate surface area is 181 Å². The Hall–Kier alpha value is -2.93. The van der Waals surface area contributed by atoms with Crippen molar-refractivity contribution in [1.82, 2.24) is 5.32 Å². The summed E-state index contributed by atoms with van der Waals surface area (Å²) >= 11 is 5.29. The molecule has 3 heterocycles. The largest absolute Gasteiger partial charge is 0.441 e. The van der Waals surface area contributed by atoms with E-state index in [4.69, 9.17) is 16.6 Å². The molecule has 0 unspecified atom stereocenters. The SMILES string of the molecule is Cc1ccc(N2C(=O)/C(=C/c3ccc(N4CCCCCC4)o3)C(=O)NC2=S)c(C)c1. The van der Waals surface area contributed by atoms with Gasteiger partial charge in [0.25, 0.3) is 11.8 Å². The lowest BCUT2D eigenvalue weighted by atomic mass is 10.1. The van der Waals surface area contributed by atoms with Crippen LogP contribution in [0.2, 0.25) is 0 Å². The molecule has 0 radical (unpaired) electrons. The Morgan fingerprint density at radius 3 is 2.47 bits per heavy atom. The first-order chi connectivity index (χ1) is 14.4. The summed E-state index contributed by atoms with van der Waals surface area (Å²) in [6, 6.07) is 9.43. The van der Waals surface area contributed by atoms with Crippen molar-refractivity contribution >= 4 is 46.8 Å². The van der Waals surface area contributed by atoms with Gasteiger partial charge in [-0.05, 0) is 62.7 Å². The maximum Gasteiger partial charge on any atom is 0.270 e. The molecule has 2 fully saturated rings. The van der Waals surface area contributed by atoms with Crippen LogP contribution in [0.4, 0.5) is 11.6 Å². The zero-order valence-electron chi connectivity index (χ0n) is 17.2. The Bertz CT molecular complexity index is 1030. The minimum atomic E-state index is -0.515. The molecule has 6 nitrogen and oxygen atoms in total. The minimum absolute atomic E-state index is 0.000316. The van der Waals surface area contributed by atoms with Gasteiger partial charge in [0.05, 0.1) is 5.69 Å². The van der Waals surface area contributed by atoms with Gasteiger partial charge < -0.3 is 9.32 Å². The summed E-state index contributed by atoms with van der Waals surface area (Å²) in [5.41, 5.74) is 2.65. The Kier molecular flexibility index (Phi) is 5.72. The number of benzene rings is 1. The van der Waals surface area contributed by atoms with E-state index < -0.39 is 11.8 Å². The summed E-state index contributed by atoms with van der Waals surface area (Å²) in [5, 5.41) is 2.71. The molecule has 2 aliphatic heterocycles. The van der Waals surface area contributed by atoms with E-state index in [2.05, 4.69) is 10.2 Å². The number of amides is 2. The molecular formula is C23H25N3O3S. The van der Waals surface area contributed by atoms with Gasteiger partial charge in [0.2, 0.25) is 0 Å². The van der Waals surface area contributed by atoms with Crippen LogP contribution in [0.1, 0.15) is 42.6 Å². The number of furan rings is 1. The van der Waals surface area contributed by atoms with E-state index in [1.807, 2.05) is 38.1 Å². The van der Waals surface area contributed by atoms with Crippen molar-refractivity contribution in [2.75, 3.05) is 22.9 Å². The second kappa shape index (κ2) is 8.44. The van der Waals surface area contributed by atoms with Crippen LogP contribution < -0.4 is 15.1 Å². The number of nitrogens with zero attached hydrogens (tertiary/aromatic N) is 2. The molecule has 2 aromatic rings.